The van der Waals surface area contributed by atoms with Crippen LogP contribution in [0.4, 0.5) is 11.4 Å². The maximum Gasteiger partial charge on any atom is 0.247 e. The van der Waals surface area contributed by atoms with E-state index in [-0.39, 0.29) is 30.1 Å². The van der Waals surface area contributed by atoms with E-state index in [1.165, 1.54) is 23.1 Å². The second-order valence-electron chi connectivity index (χ2n) is 8.15. The molecule has 2 fully saturated rings. The molecule has 168 valence electrons. The van der Waals surface area contributed by atoms with Gasteiger partial charge in [-0.15, -0.1) is 11.8 Å². The van der Waals surface area contributed by atoms with E-state index in [1.807, 2.05) is 31.2 Å². The summed E-state index contributed by atoms with van der Waals surface area (Å²) in [5.41, 5.74) is 1.32. The largest absolute Gasteiger partial charge is 0.494 e. The SMILES string of the molecule is CCOc1ccc(N2C(=O)CC(Sc3ccc(NC(=O)C4CCCCC4)cc3)C2=O)cc1. The van der Waals surface area contributed by atoms with Gasteiger partial charge in [0.25, 0.3) is 0 Å². The minimum atomic E-state index is -0.461. The van der Waals surface area contributed by atoms with Gasteiger partial charge in [-0.2, -0.15) is 0 Å². The fraction of sp³-hybridized carbons (Fsp3) is 0.400. The number of amides is 3. The number of anilines is 2. The van der Waals surface area contributed by atoms with E-state index in [0.29, 0.717) is 18.0 Å². The molecule has 1 unspecified atom stereocenters. The smallest absolute Gasteiger partial charge is 0.247 e. The molecule has 1 aliphatic heterocycles. The van der Waals surface area contributed by atoms with Gasteiger partial charge in [0.2, 0.25) is 17.7 Å². The van der Waals surface area contributed by atoms with Gasteiger partial charge in [0.15, 0.2) is 0 Å². The van der Waals surface area contributed by atoms with Gasteiger partial charge in [-0.25, -0.2) is 4.90 Å². The number of imide groups is 1. The Labute approximate surface area is 192 Å². The summed E-state index contributed by atoms with van der Waals surface area (Å²) in [6.07, 6.45) is 5.54. The Morgan fingerprint density at radius 1 is 1.03 bits per heavy atom. The Bertz CT molecular complexity index is 968. The van der Waals surface area contributed by atoms with Crippen molar-refractivity contribution in [2.45, 2.75) is 55.6 Å². The summed E-state index contributed by atoms with van der Waals surface area (Å²) < 4.78 is 5.43. The predicted octanol–water partition coefficient (Wildman–Crippen LogP) is 5.03. The average Bonchev–Trinajstić information content (AvgIpc) is 3.09. The van der Waals surface area contributed by atoms with Crippen molar-refractivity contribution >= 4 is 40.9 Å². The van der Waals surface area contributed by atoms with Crippen LogP contribution in [-0.2, 0) is 14.4 Å². The summed E-state index contributed by atoms with van der Waals surface area (Å²) in [5, 5.41) is 2.54. The van der Waals surface area contributed by atoms with Crippen LogP contribution < -0.4 is 15.0 Å². The molecule has 2 aliphatic rings. The van der Waals surface area contributed by atoms with E-state index < -0.39 is 5.25 Å². The number of nitrogens with one attached hydrogen (secondary N) is 1. The molecule has 2 aromatic rings. The minimum absolute atomic E-state index is 0.0904. The zero-order valence-electron chi connectivity index (χ0n) is 18.2. The number of thioether (sulfide) groups is 1. The Balaban J connectivity index is 1.36. The number of carbonyl (C=O) groups is 3. The molecule has 3 amide bonds. The molecule has 0 spiro atoms. The van der Waals surface area contributed by atoms with Crippen LogP contribution in [0.1, 0.15) is 45.4 Å². The van der Waals surface area contributed by atoms with Crippen LogP contribution in [0, 0.1) is 5.92 Å². The third-order valence-electron chi connectivity index (χ3n) is 5.89. The van der Waals surface area contributed by atoms with Crippen molar-refractivity contribution in [1.82, 2.24) is 0 Å². The lowest BCUT2D eigenvalue weighted by molar-refractivity contribution is -0.122. The predicted molar refractivity (Wildman–Crippen MR) is 126 cm³/mol. The number of rotatable bonds is 7. The quantitative estimate of drug-likeness (QED) is 0.597. The fourth-order valence-electron chi connectivity index (χ4n) is 4.22. The van der Waals surface area contributed by atoms with Gasteiger partial charge in [0.1, 0.15) is 5.75 Å². The fourth-order valence-corrected chi connectivity index (χ4v) is 5.27. The maximum absolute atomic E-state index is 12.9. The molecule has 2 aromatic carbocycles. The zero-order valence-corrected chi connectivity index (χ0v) is 19.0. The molecule has 1 heterocycles. The van der Waals surface area contributed by atoms with Gasteiger partial charge < -0.3 is 10.1 Å². The Hall–Kier alpha value is -2.80. The van der Waals surface area contributed by atoms with E-state index in [4.69, 9.17) is 4.74 Å². The lowest BCUT2D eigenvalue weighted by Crippen LogP contribution is -2.31. The zero-order chi connectivity index (χ0) is 22.5. The molecule has 1 saturated carbocycles. The molecule has 4 rings (SSSR count). The Kier molecular flexibility index (Phi) is 7.15. The second-order valence-corrected chi connectivity index (χ2v) is 9.43. The molecule has 1 N–H and O–H groups in total. The van der Waals surface area contributed by atoms with Crippen molar-refractivity contribution in [1.29, 1.82) is 0 Å². The number of hydrogen-bond acceptors (Lipinski definition) is 5. The van der Waals surface area contributed by atoms with E-state index >= 15 is 0 Å². The first kappa shape index (κ1) is 22.4. The summed E-state index contributed by atoms with van der Waals surface area (Å²) in [6.45, 7) is 2.46. The summed E-state index contributed by atoms with van der Waals surface area (Å²) in [6, 6.07) is 14.5. The number of benzene rings is 2. The van der Waals surface area contributed by atoms with Crippen LogP contribution >= 0.6 is 11.8 Å². The lowest BCUT2D eigenvalue weighted by atomic mass is 9.88. The summed E-state index contributed by atoms with van der Waals surface area (Å²) in [7, 11) is 0. The molecule has 1 aliphatic carbocycles. The van der Waals surface area contributed by atoms with Crippen LogP contribution in [0.15, 0.2) is 53.4 Å². The summed E-state index contributed by atoms with van der Waals surface area (Å²) in [5.74, 6) is 0.491. The van der Waals surface area contributed by atoms with Crippen molar-refractivity contribution < 1.29 is 19.1 Å². The maximum atomic E-state index is 12.9. The Morgan fingerprint density at radius 3 is 2.38 bits per heavy atom. The van der Waals surface area contributed by atoms with Crippen molar-refractivity contribution in [3.05, 3.63) is 48.5 Å². The third kappa shape index (κ3) is 5.15. The van der Waals surface area contributed by atoms with Gasteiger partial charge in [-0.3, -0.25) is 14.4 Å². The van der Waals surface area contributed by atoms with E-state index in [1.54, 1.807) is 24.3 Å². The molecule has 6 nitrogen and oxygen atoms in total. The van der Waals surface area contributed by atoms with Crippen LogP contribution in [0.5, 0.6) is 5.75 Å². The van der Waals surface area contributed by atoms with Gasteiger partial charge in [0.05, 0.1) is 17.5 Å². The van der Waals surface area contributed by atoms with E-state index in [2.05, 4.69) is 5.32 Å². The topological polar surface area (TPSA) is 75.7 Å². The number of nitrogens with zero attached hydrogens (tertiary/aromatic N) is 1. The highest BCUT2D eigenvalue weighted by Crippen LogP contribution is 2.35. The molecule has 0 aromatic heterocycles. The highest BCUT2D eigenvalue weighted by molar-refractivity contribution is 8.00. The van der Waals surface area contributed by atoms with Gasteiger partial charge in [-0.1, -0.05) is 19.3 Å². The molecule has 7 heteroatoms. The normalized spacial score (nSPS) is 19.3. The molecule has 1 saturated heterocycles. The Morgan fingerprint density at radius 2 is 1.72 bits per heavy atom. The third-order valence-corrected chi connectivity index (χ3v) is 7.08. The van der Waals surface area contributed by atoms with Crippen molar-refractivity contribution in [2.24, 2.45) is 5.92 Å². The van der Waals surface area contributed by atoms with Gasteiger partial charge in [-0.05, 0) is 68.3 Å². The van der Waals surface area contributed by atoms with Gasteiger partial charge in [0, 0.05) is 22.9 Å². The molecule has 0 bridgehead atoms. The number of hydrogen-bond donors (Lipinski definition) is 1. The monoisotopic (exact) mass is 452 g/mol. The molecule has 32 heavy (non-hydrogen) atoms. The molecule has 1 atom stereocenters. The van der Waals surface area contributed by atoms with Crippen LogP contribution in [0.3, 0.4) is 0 Å². The van der Waals surface area contributed by atoms with Crippen molar-refractivity contribution in [3.8, 4) is 5.75 Å². The molecular formula is C25H28N2O4S. The molecule has 0 radical (unpaired) electrons. The number of ether oxygens (including phenoxy) is 1. The first-order valence-electron chi connectivity index (χ1n) is 11.2. The van der Waals surface area contributed by atoms with Crippen LogP contribution in [0.2, 0.25) is 0 Å². The summed E-state index contributed by atoms with van der Waals surface area (Å²) in [4.78, 5) is 40.0. The lowest BCUT2D eigenvalue weighted by Gasteiger charge is -2.20. The van der Waals surface area contributed by atoms with Crippen molar-refractivity contribution in [2.75, 3.05) is 16.8 Å². The number of carbonyl (C=O) groups excluding carboxylic acids is 3. The van der Waals surface area contributed by atoms with Crippen LogP contribution in [0.25, 0.3) is 0 Å². The summed E-state index contributed by atoms with van der Waals surface area (Å²) >= 11 is 1.38. The van der Waals surface area contributed by atoms with E-state index in [9.17, 15) is 14.4 Å². The first-order chi connectivity index (χ1) is 15.5. The standard InChI is InChI=1S/C25H28N2O4S/c1-2-31-20-12-10-19(11-13-20)27-23(28)16-22(25(27)30)32-21-14-8-18(9-15-21)26-24(29)17-6-4-3-5-7-17/h8-15,17,22H,2-7,16H2,1H3,(H,26,29). The highest BCUT2D eigenvalue weighted by Gasteiger charge is 2.40. The molecular weight excluding hydrogens is 424 g/mol. The minimum Gasteiger partial charge on any atom is -0.494 e. The first-order valence-corrected chi connectivity index (χ1v) is 12.1. The van der Waals surface area contributed by atoms with Crippen LogP contribution in [-0.4, -0.2) is 29.6 Å². The van der Waals surface area contributed by atoms with Gasteiger partial charge >= 0.3 is 0 Å². The second kappa shape index (κ2) is 10.2. The highest BCUT2D eigenvalue weighted by atomic mass is 32.2. The van der Waals surface area contributed by atoms with Crippen molar-refractivity contribution in [3.63, 3.8) is 0 Å². The van der Waals surface area contributed by atoms with E-state index in [0.717, 1.165) is 36.3 Å². The average molecular weight is 453 g/mol.